The molecule has 0 fully saturated rings. The molecule has 3 rings (SSSR count). The molecule has 0 saturated heterocycles. The number of thiophene rings is 1. The summed E-state index contributed by atoms with van der Waals surface area (Å²) in [4.78, 5) is 31.3. The number of ether oxygens (including phenoxy) is 1. The quantitative estimate of drug-likeness (QED) is 0.594. The van der Waals surface area contributed by atoms with Gasteiger partial charge in [0.25, 0.3) is 0 Å². The van der Waals surface area contributed by atoms with Crippen LogP contribution < -0.4 is 5.32 Å². The lowest BCUT2D eigenvalue weighted by atomic mass is 10.0. The maximum absolute atomic E-state index is 12.6. The molecule has 10 heteroatoms. The fourth-order valence-corrected chi connectivity index (χ4v) is 4.53. The molecule has 0 spiro atoms. The van der Waals surface area contributed by atoms with Crippen molar-refractivity contribution in [2.24, 2.45) is 0 Å². The molecule has 31 heavy (non-hydrogen) atoms. The molecule has 0 bridgehead atoms. The van der Waals surface area contributed by atoms with Gasteiger partial charge in [0.15, 0.2) is 0 Å². The zero-order valence-electron chi connectivity index (χ0n) is 17.1. The van der Waals surface area contributed by atoms with Crippen molar-refractivity contribution in [1.82, 2.24) is 9.88 Å². The third kappa shape index (κ3) is 5.58. The molecule has 0 saturated carbocycles. The second-order valence-corrected chi connectivity index (χ2v) is 8.42. The van der Waals surface area contributed by atoms with Crippen molar-refractivity contribution in [2.75, 3.05) is 25.1 Å². The first-order chi connectivity index (χ1) is 14.9. The van der Waals surface area contributed by atoms with E-state index in [1.54, 1.807) is 6.20 Å². The highest BCUT2D eigenvalue weighted by Gasteiger charge is 2.28. The number of hydrogen-bond donors (Lipinski definition) is 3. The zero-order chi connectivity index (χ0) is 22.4. The standard InChI is InChI=1S/C21H24N4O5S/c1-13(17-4-2-3-6-23-17)8-19(28)24-20-16(9-22)15-5-7-25(10-18(15)31-20)21(29)30-12-14(27)11-26/h2-4,6,13-14,26-27H,5,7-8,10-12H2,1H3,(H,24,28)/t13-,14?/m0/s1. The Morgan fingerprint density at radius 1 is 1.45 bits per heavy atom. The highest BCUT2D eigenvalue weighted by molar-refractivity contribution is 7.16. The first kappa shape index (κ1) is 22.7. The molecule has 1 unspecified atom stereocenters. The molecule has 2 aromatic heterocycles. The Balaban J connectivity index is 1.65. The number of hydrogen-bond acceptors (Lipinski definition) is 8. The predicted molar refractivity (Wildman–Crippen MR) is 113 cm³/mol. The first-order valence-electron chi connectivity index (χ1n) is 9.89. The van der Waals surface area contributed by atoms with Crippen molar-refractivity contribution in [3.8, 4) is 6.07 Å². The van der Waals surface area contributed by atoms with E-state index < -0.39 is 18.8 Å². The van der Waals surface area contributed by atoms with Crippen molar-refractivity contribution < 1.29 is 24.5 Å². The third-order valence-electron chi connectivity index (χ3n) is 4.97. The molecule has 1 aliphatic heterocycles. The molecule has 3 N–H and O–H groups in total. The van der Waals surface area contributed by atoms with Crippen LogP contribution in [0, 0.1) is 11.3 Å². The zero-order valence-corrected chi connectivity index (χ0v) is 17.9. The number of aliphatic hydroxyl groups excluding tert-OH is 2. The topological polar surface area (TPSA) is 136 Å². The van der Waals surface area contributed by atoms with Crippen LogP contribution in [0.2, 0.25) is 0 Å². The van der Waals surface area contributed by atoms with Crippen molar-refractivity contribution in [1.29, 1.82) is 5.26 Å². The van der Waals surface area contributed by atoms with Crippen LogP contribution in [-0.2, 0) is 22.5 Å². The van der Waals surface area contributed by atoms with E-state index in [4.69, 9.17) is 9.84 Å². The fraction of sp³-hybridized carbons (Fsp3) is 0.429. The highest BCUT2D eigenvalue weighted by Crippen LogP contribution is 2.37. The number of nitrogens with one attached hydrogen (secondary N) is 1. The molecule has 9 nitrogen and oxygen atoms in total. The van der Waals surface area contributed by atoms with E-state index in [2.05, 4.69) is 16.4 Å². The molecule has 0 radical (unpaired) electrons. The van der Waals surface area contributed by atoms with E-state index in [9.17, 15) is 20.0 Å². The minimum absolute atomic E-state index is 0.0687. The Hall–Kier alpha value is -3.00. The summed E-state index contributed by atoms with van der Waals surface area (Å²) >= 11 is 1.28. The molecule has 2 amide bonds. The largest absolute Gasteiger partial charge is 0.447 e. The first-order valence-corrected chi connectivity index (χ1v) is 10.7. The summed E-state index contributed by atoms with van der Waals surface area (Å²) in [6.45, 7) is 1.75. The number of nitrogens with zero attached hydrogens (tertiary/aromatic N) is 3. The third-order valence-corrected chi connectivity index (χ3v) is 6.11. The van der Waals surface area contributed by atoms with Gasteiger partial charge in [0.1, 0.15) is 23.8 Å². The molecule has 2 atom stereocenters. The normalized spacial score (nSPS) is 14.8. The average molecular weight is 445 g/mol. The van der Waals surface area contributed by atoms with Gasteiger partial charge in [-0.2, -0.15) is 5.26 Å². The van der Waals surface area contributed by atoms with Crippen molar-refractivity contribution in [3.05, 3.63) is 46.1 Å². The number of aromatic nitrogens is 1. The number of carbonyl (C=O) groups excluding carboxylic acids is 2. The van der Waals surface area contributed by atoms with E-state index in [1.807, 2.05) is 25.1 Å². The number of nitriles is 1. The summed E-state index contributed by atoms with van der Waals surface area (Å²) in [5.74, 6) is -0.275. The van der Waals surface area contributed by atoms with Crippen LogP contribution in [0.5, 0.6) is 0 Å². The summed E-state index contributed by atoms with van der Waals surface area (Å²) in [6, 6.07) is 7.74. The molecule has 1 aliphatic rings. The van der Waals surface area contributed by atoms with Crippen LogP contribution in [0.4, 0.5) is 9.80 Å². The smallest absolute Gasteiger partial charge is 0.410 e. The minimum atomic E-state index is -1.12. The SMILES string of the molecule is C[C@@H](CC(=O)Nc1sc2c(c1C#N)CCN(C(=O)OCC(O)CO)C2)c1ccccn1. The Bertz CT molecular complexity index is 972. The van der Waals surface area contributed by atoms with Crippen molar-refractivity contribution >= 4 is 28.3 Å². The number of pyridine rings is 1. The van der Waals surface area contributed by atoms with Crippen LogP contribution in [0.15, 0.2) is 24.4 Å². The van der Waals surface area contributed by atoms with E-state index in [-0.39, 0.29) is 31.4 Å². The number of aliphatic hydroxyl groups is 2. The molecule has 164 valence electrons. The van der Waals surface area contributed by atoms with Gasteiger partial charge in [-0.3, -0.25) is 9.78 Å². The van der Waals surface area contributed by atoms with Crippen LogP contribution in [-0.4, -0.2) is 58.0 Å². The maximum Gasteiger partial charge on any atom is 0.410 e. The second-order valence-electron chi connectivity index (χ2n) is 7.31. The van der Waals surface area contributed by atoms with Gasteiger partial charge in [-0.15, -0.1) is 11.3 Å². The number of amides is 2. The Labute approximate surface area is 183 Å². The Kier molecular flexibility index (Phi) is 7.57. The van der Waals surface area contributed by atoms with Gasteiger partial charge >= 0.3 is 6.09 Å². The number of fused-ring (bicyclic) bond motifs is 1. The lowest BCUT2D eigenvalue weighted by Crippen LogP contribution is -2.37. The van der Waals surface area contributed by atoms with Gasteiger partial charge in [0.2, 0.25) is 5.91 Å². The summed E-state index contributed by atoms with van der Waals surface area (Å²) in [5, 5.41) is 31.1. The maximum atomic E-state index is 12.6. The van der Waals surface area contributed by atoms with Crippen molar-refractivity contribution in [2.45, 2.75) is 38.3 Å². The van der Waals surface area contributed by atoms with Crippen LogP contribution in [0.25, 0.3) is 0 Å². The molecular formula is C21H24N4O5S. The van der Waals surface area contributed by atoms with E-state index >= 15 is 0 Å². The average Bonchev–Trinajstić information content (AvgIpc) is 3.13. The van der Waals surface area contributed by atoms with Crippen molar-refractivity contribution in [3.63, 3.8) is 0 Å². The summed E-state index contributed by atoms with van der Waals surface area (Å²) in [5.41, 5.74) is 2.09. The second kappa shape index (κ2) is 10.3. The highest BCUT2D eigenvalue weighted by atomic mass is 32.1. The Morgan fingerprint density at radius 3 is 2.94 bits per heavy atom. The van der Waals surface area contributed by atoms with Gasteiger partial charge in [0, 0.05) is 35.7 Å². The van der Waals surface area contributed by atoms with Gasteiger partial charge in [-0.05, 0) is 24.1 Å². The molecule has 2 aromatic rings. The monoisotopic (exact) mass is 444 g/mol. The number of rotatable bonds is 7. The van der Waals surface area contributed by atoms with Crippen LogP contribution >= 0.6 is 11.3 Å². The fourth-order valence-electron chi connectivity index (χ4n) is 3.30. The van der Waals surface area contributed by atoms with E-state index in [0.29, 0.717) is 23.5 Å². The van der Waals surface area contributed by atoms with Gasteiger partial charge in [-0.1, -0.05) is 13.0 Å². The molecule has 0 aromatic carbocycles. The van der Waals surface area contributed by atoms with E-state index in [1.165, 1.54) is 16.2 Å². The number of carbonyl (C=O) groups is 2. The number of anilines is 1. The summed E-state index contributed by atoms with van der Waals surface area (Å²) < 4.78 is 5.00. The van der Waals surface area contributed by atoms with E-state index in [0.717, 1.165) is 16.1 Å². The lowest BCUT2D eigenvalue weighted by molar-refractivity contribution is -0.116. The van der Waals surface area contributed by atoms with Crippen LogP contribution in [0.3, 0.4) is 0 Å². The van der Waals surface area contributed by atoms with Crippen LogP contribution in [0.1, 0.15) is 41.0 Å². The summed E-state index contributed by atoms with van der Waals surface area (Å²) in [7, 11) is 0. The van der Waals surface area contributed by atoms with Gasteiger partial charge in [-0.25, -0.2) is 4.79 Å². The molecular weight excluding hydrogens is 420 g/mol. The molecule has 3 heterocycles. The van der Waals surface area contributed by atoms with Gasteiger partial charge in [0.05, 0.1) is 18.7 Å². The predicted octanol–water partition coefficient (Wildman–Crippen LogP) is 1.99. The van der Waals surface area contributed by atoms with Gasteiger partial charge < -0.3 is 25.2 Å². The minimum Gasteiger partial charge on any atom is -0.447 e. The lowest BCUT2D eigenvalue weighted by Gasteiger charge is -2.26. The Morgan fingerprint density at radius 2 is 2.26 bits per heavy atom. The summed E-state index contributed by atoms with van der Waals surface area (Å²) in [6.07, 6.45) is 0.667. The molecule has 0 aliphatic carbocycles.